The summed E-state index contributed by atoms with van der Waals surface area (Å²) >= 11 is 3.51. The van der Waals surface area contributed by atoms with Gasteiger partial charge in [-0.25, -0.2) is 4.98 Å². The van der Waals surface area contributed by atoms with Crippen LogP contribution in [-0.2, 0) is 7.05 Å². The van der Waals surface area contributed by atoms with Crippen molar-refractivity contribution >= 4 is 27.0 Å². The Morgan fingerprint density at radius 3 is 2.77 bits per heavy atom. The van der Waals surface area contributed by atoms with Gasteiger partial charge in [0.1, 0.15) is 0 Å². The number of hydrogen-bond acceptors (Lipinski definition) is 1. The number of imidazole rings is 1. The minimum atomic E-state index is 0.998. The molecule has 0 aliphatic rings. The molecule has 2 nitrogen and oxygen atoms in total. The fourth-order valence-electron chi connectivity index (χ4n) is 1.53. The van der Waals surface area contributed by atoms with Crippen molar-refractivity contribution < 1.29 is 0 Å². The van der Waals surface area contributed by atoms with Gasteiger partial charge in [0, 0.05) is 11.5 Å². The highest BCUT2D eigenvalue weighted by atomic mass is 79.9. The van der Waals surface area contributed by atoms with Crippen molar-refractivity contribution in [1.29, 1.82) is 0 Å². The smallest absolute Gasteiger partial charge is 0.177 e. The summed E-state index contributed by atoms with van der Waals surface area (Å²) in [7, 11) is 1.97. The van der Waals surface area contributed by atoms with E-state index in [4.69, 9.17) is 0 Å². The molecule has 0 saturated heterocycles. The average molecular weight is 238 g/mol. The Morgan fingerprint density at radius 1 is 1.38 bits per heavy atom. The highest BCUT2D eigenvalue weighted by molar-refractivity contribution is 9.10. The standard InChI is InChI=1S/C10H10BrN2/c1-6-7(2)10-9(4-8(6)11)12-5-13(10)3/h4H,1-3H3. The van der Waals surface area contributed by atoms with E-state index in [1.54, 1.807) is 0 Å². The monoisotopic (exact) mass is 237 g/mol. The lowest BCUT2D eigenvalue weighted by atomic mass is 10.1. The van der Waals surface area contributed by atoms with E-state index < -0.39 is 0 Å². The topological polar surface area (TPSA) is 17.8 Å². The second-order valence-electron chi connectivity index (χ2n) is 3.25. The fourth-order valence-corrected chi connectivity index (χ4v) is 2.05. The van der Waals surface area contributed by atoms with Gasteiger partial charge in [0.15, 0.2) is 6.33 Å². The van der Waals surface area contributed by atoms with Crippen LogP contribution in [0.25, 0.3) is 11.0 Å². The number of halogens is 1. The molecule has 2 aromatic rings. The van der Waals surface area contributed by atoms with Crippen LogP contribution in [0.4, 0.5) is 0 Å². The zero-order chi connectivity index (χ0) is 9.59. The minimum absolute atomic E-state index is 0.998. The molecule has 0 atom stereocenters. The molecule has 1 radical (unpaired) electrons. The average Bonchev–Trinajstić information content (AvgIpc) is 2.43. The van der Waals surface area contributed by atoms with Gasteiger partial charge in [0.05, 0.1) is 11.0 Å². The Kier molecular flexibility index (Phi) is 1.91. The molecule has 1 aromatic heterocycles. The third-order valence-electron chi connectivity index (χ3n) is 2.44. The van der Waals surface area contributed by atoms with Crippen LogP contribution in [0.5, 0.6) is 0 Å². The Balaban J connectivity index is 2.97. The Hall–Kier alpha value is -0.830. The van der Waals surface area contributed by atoms with Crippen molar-refractivity contribution in [2.24, 2.45) is 7.05 Å². The Labute approximate surface area is 85.7 Å². The molecule has 0 amide bonds. The molecule has 1 aromatic carbocycles. The van der Waals surface area contributed by atoms with Gasteiger partial charge in [-0.15, -0.1) is 0 Å². The van der Waals surface area contributed by atoms with Gasteiger partial charge in [-0.05, 0) is 31.0 Å². The molecule has 13 heavy (non-hydrogen) atoms. The van der Waals surface area contributed by atoms with Crippen molar-refractivity contribution in [3.05, 3.63) is 28.0 Å². The number of rotatable bonds is 0. The molecule has 0 fully saturated rings. The lowest BCUT2D eigenvalue weighted by Gasteiger charge is -2.05. The molecule has 0 bridgehead atoms. The zero-order valence-electron chi connectivity index (χ0n) is 7.85. The van der Waals surface area contributed by atoms with E-state index in [-0.39, 0.29) is 0 Å². The quantitative estimate of drug-likeness (QED) is 0.690. The largest absolute Gasteiger partial charge is 0.324 e. The molecule has 2 rings (SSSR count). The van der Waals surface area contributed by atoms with E-state index in [1.807, 2.05) is 17.7 Å². The van der Waals surface area contributed by atoms with Gasteiger partial charge in [-0.3, -0.25) is 0 Å². The maximum Gasteiger partial charge on any atom is 0.177 e. The predicted octanol–water partition coefficient (Wildman–Crippen LogP) is 2.75. The van der Waals surface area contributed by atoms with Crippen molar-refractivity contribution in [1.82, 2.24) is 9.55 Å². The third-order valence-corrected chi connectivity index (χ3v) is 3.26. The van der Waals surface area contributed by atoms with Gasteiger partial charge >= 0.3 is 0 Å². The second kappa shape index (κ2) is 2.84. The number of nitrogens with zero attached hydrogens (tertiary/aromatic N) is 2. The summed E-state index contributed by atoms with van der Waals surface area (Å²) in [5.74, 6) is 0. The first-order chi connectivity index (χ1) is 6.11. The molecule has 0 aliphatic heterocycles. The van der Waals surface area contributed by atoms with Gasteiger partial charge in [-0.2, -0.15) is 0 Å². The summed E-state index contributed by atoms with van der Waals surface area (Å²) in [6.45, 7) is 4.21. The summed E-state index contributed by atoms with van der Waals surface area (Å²) in [6, 6.07) is 2.04. The van der Waals surface area contributed by atoms with Crippen molar-refractivity contribution in [3.63, 3.8) is 0 Å². The number of fused-ring (bicyclic) bond motifs is 1. The third kappa shape index (κ3) is 1.18. The lowest BCUT2D eigenvalue weighted by molar-refractivity contribution is 0.931. The first-order valence-corrected chi connectivity index (χ1v) is 4.90. The van der Waals surface area contributed by atoms with Crippen LogP contribution in [0, 0.1) is 20.2 Å². The first-order valence-electron chi connectivity index (χ1n) is 4.11. The maximum absolute atomic E-state index is 4.19. The molecular weight excluding hydrogens is 228 g/mol. The van der Waals surface area contributed by atoms with Crippen LogP contribution in [0.1, 0.15) is 11.1 Å². The van der Waals surface area contributed by atoms with Gasteiger partial charge < -0.3 is 4.57 Å². The van der Waals surface area contributed by atoms with Crippen LogP contribution < -0.4 is 0 Å². The van der Waals surface area contributed by atoms with E-state index in [1.165, 1.54) is 16.6 Å². The number of aromatic nitrogens is 2. The molecule has 3 heteroatoms. The molecule has 67 valence electrons. The molecular formula is C10H10BrN2. The summed E-state index contributed by atoms with van der Waals surface area (Å²) in [4.78, 5) is 4.19. The summed E-state index contributed by atoms with van der Waals surface area (Å²) in [5, 5.41) is 0. The van der Waals surface area contributed by atoms with E-state index >= 15 is 0 Å². The summed E-state index contributed by atoms with van der Waals surface area (Å²) in [5.41, 5.74) is 4.70. The maximum atomic E-state index is 4.19. The van der Waals surface area contributed by atoms with Gasteiger partial charge in [-0.1, -0.05) is 15.9 Å². The molecule has 0 saturated carbocycles. The second-order valence-corrected chi connectivity index (χ2v) is 4.10. The highest BCUT2D eigenvalue weighted by Gasteiger charge is 2.08. The molecule has 0 unspecified atom stereocenters. The van der Waals surface area contributed by atoms with Crippen molar-refractivity contribution in [3.8, 4) is 0 Å². The number of aryl methyl sites for hydroxylation is 2. The van der Waals surface area contributed by atoms with Crippen LogP contribution in [0.2, 0.25) is 0 Å². The molecule has 0 N–H and O–H groups in total. The Morgan fingerprint density at radius 2 is 2.08 bits per heavy atom. The highest BCUT2D eigenvalue weighted by Crippen LogP contribution is 2.26. The minimum Gasteiger partial charge on any atom is -0.324 e. The molecule has 0 aliphatic carbocycles. The van der Waals surface area contributed by atoms with Crippen LogP contribution in [0.3, 0.4) is 0 Å². The van der Waals surface area contributed by atoms with Crippen LogP contribution >= 0.6 is 15.9 Å². The van der Waals surface area contributed by atoms with E-state index in [0.29, 0.717) is 0 Å². The van der Waals surface area contributed by atoms with Crippen molar-refractivity contribution in [2.45, 2.75) is 13.8 Å². The fraction of sp³-hybridized carbons (Fsp3) is 0.300. The summed E-state index contributed by atoms with van der Waals surface area (Å²) in [6.07, 6.45) is 2.92. The lowest BCUT2D eigenvalue weighted by Crippen LogP contribution is -1.91. The first kappa shape index (κ1) is 8.75. The van der Waals surface area contributed by atoms with Crippen LogP contribution in [-0.4, -0.2) is 9.55 Å². The van der Waals surface area contributed by atoms with Gasteiger partial charge in [0.2, 0.25) is 0 Å². The molecule has 0 spiro atoms. The van der Waals surface area contributed by atoms with E-state index in [0.717, 1.165) is 9.99 Å². The summed E-state index contributed by atoms with van der Waals surface area (Å²) < 4.78 is 3.05. The van der Waals surface area contributed by atoms with Crippen LogP contribution in [0.15, 0.2) is 10.5 Å². The number of hydrogen-bond donors (Lipinski definition) is 0. The predicted molar refractivity (Wildman–Crippen MR) is 56.7 cm³/mol. The number of benzene rings is 1. The zero-order valence-corrected chi connectivity index (χ0v) is 9.44. The van der Waals surface area contributed by atoms with E-state index in [9.17, 15) is 0 Å². The van der Waals surface area contributed by atoms with E-state index in [2.05, 4.69) is 41.1 Å². The Bertz CT molecular complexity index is 471. The van der Waals surface area contributed by atoms with Gasteiger partial charge in [0.25, 0.3) is 0 Å². The normalized spacial score (nSPS) is 11.1. The van der Waals surface area contributed by atoms with Crippen molar-refractivity contribution in [2.75, 3.05) is 0 Å². The molecule has 1 heterocycles. The SMILES string of the molecule is Cc1c(Br)cc2n[c]n(C)c2c1C.